The van der Waals surface area contributed by atoms with Crippen LogP contribution in [0.15, 0.2) is 33.1 Å². The molecule has 0 saturated carbocycles. The van der Waals surface area contributed by atoms with Gasteiger partial charge in [0.15, 0.2) is 4.34 Å². The molecule has 1 heterocycles. The van der Waals surface area contributed by atoms with E-state index in [2.05, 4.69) is 45.3 Å². The summed E-state index contributed by atoms with van der Waals surface area (Å²) in [5.74, 6) is 0.954. The Morgan fingerprint density at radius 3 is 2.73 bits per heavy atom. The van der Waals surface area contributed by atoms with E-state index in [4.69, 9.17) is 0 Å². The number of rotatable bonds is 8. The molecule has 0 aliphatic carbocycles. The second kappa shape index (κ2) is 9.16. The SMILES string of the molecule is CC(C)CSc1nnc(NC(=O)CN(c2cccc(Br)c2)S(C)(=O)=O)s1. The number of thioether (sulfide) groups is 1. The third-order valence-electron chi connectivity index (χ3n) is 2.98. The highest BCUT2D eigenvalue weighted by molar-refractivity contribution is 9.10. The number of aromatic nitrogens is 2. The Labute approximate surface area is 169 Å². The van der Waals surface area contributed by atoms with Crippen LogP contribution in [0.4, 0.5) is 10.8 Å². The molecule has 0 aliphatic heterocycles. The molecular weight excluding hydrogens is 460 g/mol. The fourth-order valence-electron chi connectivity index (χ4n) is 1.88. The molecule has 2 aromatic rings. The van der Waals surface area contributed by atoms with Crippen LogP contribution in [-0.2, 0) is 14.8 Å². The van der Waals surface area contributed by atoms with Gasteiger partial charge >= 0.3 is 0 Å². The Kier molecular flexibility index (Phi) is 7.44. The number of carbonyl (C=O) groups is 1. The molecule has 0 bridgehead atoms. The lowest BCUT2D eigenvalue weighted by molar-refractivity contribution is -0.114. The van der Waals surface area contributed by atoms with Crippen molar-refractivity contribution in [2.45, 2.75) is 18.2 Å². The minimum Gasteiger partial charge on any atom is -0.299 e. The molecule has 0 fully saturated rings. The predicted octanol–water partition coefficient (Wildman–Crippen LogP) is 3.45. The monoisotopic (exact) mass is 478 g/mol. The van der Waals surface area contributed by atoms with Crippen molar-refractivity contribution in [2.24, 2.45) is 5.92 Å². The maximum atomic E-state index is 12.3. The number of nitrogens with zero attached hydrogens (tertiary/aromatic N) is 3. The van der Waals surface area contributed by atoms with Crippen molar-refractivity contribution < 1.29 is 13.2 Å². The molecule has 142 valence electrons. The lowest BCUT2D eigenvalue weighted by Gasteiger charge is -2.21. The first-order valence-electron chi connectivity index (χ1n) is 7.64. The van der Waals surface area contributed by atoms with Crippen LogP contribution in [-0.4, -0.2) is 43.1 Å². The number of benzene rings is 1. The van der Waals surface area contributed by atoms with Gasteiger partial charge in [0.05, 0.1) is 11.9 Å². The first-order chi connectivity index (χ1) is 12.1. The molecule has 1 aromatic heterocycles. The zero-order valence-electron chi connectivity index (χ0n) is 14.5. The van der Waals surface area contributed by atoms with Crippen molar-refractivity contribution >= 4 is 65.8 Å². The smallest absolute Gasteiger partial charge is 0.246 e. The van der Waals surface area contributed by atoms with Gasteiger partial charge in [0.1, 0.15) is 6.54 Å². The molecule has 11 heteroatoms. The summed E-state index contributed by atoms with van der Waals surface area (Å²) in [5, 5.41) is 10.9. The van der Waals surface area contributed by atoms with Gasteiger partial charge in [0.25, 0.3) is 0 Å². The van der Waals surface area contributed by atoms with Crippen LogP contribution in [0.1, 0.15) is 13.8 Å². The third-order valence-corrected chi connectivity index (χ3v) is 7.01. The van der Waals surface area contributed by atoms with Crippen LogP contribution in [0.3, 0.4) is 0 Å². The summed E-state index contributed by atoms with van der Waals surface area (Å²) < 4.78 is 26.7. The molecule has 1 N–H and O–H groups in total. The second-order valence-corrected chi connectivity index (χ2v) is 10.9. The van der Waals surface area contributed by atoms with E-state index in [0.29, 0.717) is 16.7 Å². The summed E-state index contributed by atoms with van der Waals surface area (Å²) in [6.45, 7) is 3.88. The maximum Gasteiger partial charge on any atom is 0.246 e. The lowest BCUT2D eigenvalue weighted by Crippen LogP contribution is -2.37. The van der Waals surface area contributed by atoms with Gasteiger partial charge in [-0.15, -0.1) is 10.2 Å². The van der Waals surface area contributed by atoms with E-state index in [1.165, 1.54) is 11.3 Å². The van der Waals surface area contributed by atoms with Gasteiger partial charge in [0.2, 0.25) is 21.1 Å². The lowest BCUT2D eigenvalue weighted by atomic mass is 10.3. The number of sulfonamides is 1. The van der Waals surface area contributed by atoms with Crippen molar-refractivity contribution in [1.29, 1.82) is 0 Å². The average Bonchev–Trinajstić information content (AvgIpc) is 2.97. The molecule has 7 nitrogen and oxygen atoms in total. The van der Waals surface area contributed by atoms with Gasteiger partial charge in [0, 0.05) is 10.2 Å². The van der Waals surface area contributed by atoms with Gasteiger partial charge in [-0.2, -0.15) is 0 Å². The molecular formula is C15H19BrN4O3S3. The summed E-state index contributed by atoms with van der Waals surface area (Å²) in [5.41, 5.74) is 0.405. The van der Waals surface area contributed by atoms with Crippen molar-refractivity contribution in [3.63, 3.8) is 0 Å². The number of hydrogen-bond donors (Lipinski definition) is 1. The van der Waals surface area contributed by atoms with E-state index in [-0.39, 0.29) is 6.54 Å². The van der Waals surface area contributed by atoms with Crippen LogP contribution in [0.5, 0.6) is 0 Å². The van der Waals surface area contributed by atoms with E-state index >= 15 is 0 Å². The number of amides is 1. The number of nitrogens with one attached hydrogen (secondary N) is 1. The highest BCUT2D eigenvalue weighted by Crippen LogP contribution is 2.27. The largest absolute Gasteiger partial charge is 0.299 e. The standard InChI is InChI=1S/C15H19BrN4O3S3/c1-10(2)9-24-15-19-18-14(25-15)17-13(21)8-20(26(3,22)23)12-6-4-5-11(16)7-12/h4-7,10H,8-9H2,1-3H3,(H,17,18,21). The van der Waals surface area contributed by atoms with E-state index in [9.17, 15) is 13.2 Å². The number of carbonyl (C=O) groups excluding carboxylic acids is 1. The summed E-state index contributed by atoms with van der Waals surface area (Å²) in [7, 11) is -3.62. The van der Waals surface area contributed by atoms with Gasteiger partial charge in [-0.25, -0.2) is 8.42 Å². The van der Waals surface area contributed by atoms with Gasteiger partial charge in [-0.1, -0.05) is 58.9 Å². The highest BCUT2D eigenvalue weighted by atomic mass is 79.9. The van der Waals surface area contributed by atoms with E-state index in [0.717, 1.165) is 25.1 Å². The Hall–Kier alpha value is -1.17. The zero-order valence-corrected chi connectivity index (χ0v) is 18.5. The van der Waals surface area contributed by atoms with Gasteiger partial charge < -0.3 is 0 Å². The normalized spacial score (nSPS) is 11.6. The minimum atomic E-state index is -3.62. The van der Waals surface area contributed by atoms with Gasteiger partial charge in [-0.3, -0.25) is 14.4 Å². The number of halogens is 1. The van der Waals surface area contributed by atoms with E-state index < -0.39 is 15.9 Å². The molecule has 0 saturated heterocycles. The maximum absolute atomic E-state index is 12.3. The van der Waals surface area contributed by atoms with Gasteiger partial charge in [-0.05, 0) is 24.1 Å². The fourth-order valence-corrected chi connectivity index (χ4v) is 4.86. The molecule has 0 atom stereocenters. The van der Waals surface area contributed by atoms with Crippen LogP contribution in [0.2, 0.25) is 0 Å². The topological polar surface area (TPSA) is 92.3 Å². The molecule has 1 amide bonds. The number of hydrogen-bond acceptors (Lipinski definition) is 7. The quantitative estimate of drug-likeness (QED) is 0.461. The fraction of sp³-hybridized carbons (Fsp3) is 0.400. The van der Waals surface area contributed by atoms with E-state index in [1.807, 2.05) is 0 Å². The Morgan fingerprint density at radius 2 is 2.12 bits per heavy atom. The highest BCUT2D eigenvalue weighted by Gasteiger charge is 2.21. The second-order valence-electron chi connectivity index (χ2n) is 5.88. The molecule has 26 heavy (non-hydrogen) atoms. The first-order valence-corrected chi connectivity index (χ1v) is 12.1. The molecule has 0 spiro atoms. The summed E-state index contributed by atoms with van der Waals surface area (Å²) >= 11 is 6.15. The minimum absolute atomic E-state index is 0.344. The summed E-state index contributed by atoms with van der Waals surface area (Å²) in [6.07, 6.45) is 1.06. The van der Waals surface area contributed by atoms with Crippen molar-refractivity contribution in [3.8, 4) is 0 Å². The Balaban J connectivity index is 2.06. The Morgan fingerprint density at radius 1 is 1.38 bits per heavy atom. The van der Waals surface area contributed by atoms with E-state index in [1.54, 1.807) is 36.0 Å². The van der Waals surface area contributed by atoms with Crippen LogP contribution >= 0.6 is 39.0 Å². The summed E-state index contributed by atoms with van der Waals surface area (Å²) in [6, 6.07) is 6.75. The van der Waals surface area contributed by atoms with Crippen LogP contribution < -0.4 is 9.62 Å². The first kappa shape index (κ1) is 21.1. The van der Waals surface area contributed by atoms with Crippen LogP contribution in [0.25, 0.3) is 0 Å². The van der Waals surface area contributed by atoms with Crippen molar-refractivity contribution in [3.05, 3.63) is 28.7 Å². The predicted molar refractivity (Wildman–Crippen MR) is 110 cm³/mol. The summed E-state index contributed by atoms with van der Waals surface area (Å²) in [4.78, 5) is 12.3. The molecule has 0 aliphatic rings. The molecule has 2 rings (SSSR count). The molecule has 1 aromatic carbocycles. The Bertz CT molecular complexity index is 871. The molecule has 0 unspecified atom stereocenters. The van der Waals surface area contributed by atoms with Crippen molar-refractivity contribution in [2.75, 3.05) is 28.2 Å². The zero-order chi connectivity index (χ0) is 19.3. The van der Waals surface area contributed by atoms with Crippen LogP contribution in [0, 0.1) is 5.92 Å². The van der Waals surface area contributed by atoms with Crippen molar-refractivity contribution in [1.82, 2.24) is 10.2 Å². The number of anilines is 2. The molecule has 0 radical (unpaired) electrons. The average molecular weight is 479 g/mol. The third kappa shape index (κ3) is 6.53.